The molecule has 1 rings (SSSR count). The smallest absolute Gasteiger partial charge is 0.305 e. The van der Waals surface area contributed by atoms with Crippen LogP contribution in [-0.4, -0.2) is 47.4 Å². The van der Waals surface area contributed by atoms with Crippen LogP contribution in [0.25, 0.3) is 0 Å². The molecule has 1 N–H and O–H groups in total. The minimum atomic E-state index is -0.704. The fourth-order valence-corrected chi connectivity index (χ4v) is 1.61. The van der Waals surface area contributed by atoms with E-state index in [1.165, 1.54) is 19.1 Å². The monoisotopic (exact) mass is 297 g/mol. The van der Waals surface area contributed by atoms with Gasteiger partial charge in [-0.1, -0.05) is 0 Å². The van der Waals surface area contributed by atoms with E-state index in [0.717, 1.165) is 12.3 Å². The van der Waals surface area contributed by atoms with Crippen molar-refractivity contribution in [3.05, 3.63) is 38.3 Å². The van der Waals surface area contributed by atoms with Crippen molar-refractivity contribution < 1.29 is 19.2 Å². The van der Waals surface area contributed by atoms with E-state index in [0.29, 0.717) is 6.42 Å². The van der Waals surface area contributed by atoms with Gasteiger partial charge in [-0.2, -0.15) is 0 Å². The quantitative estimate of drug-likeness (QED) is 0.458. The third-order valence-electron chi connectivity index (χ3n) is 2.78. The summed E-state index contributed by atoms with van der Waals surface area (Å²) in [5, 5.41) is 10.6. The number of hydrogen-bond donors (Lipinski definition) is 1. The Balaban J connectivity index is 2.78. The van der Waals surface area contributed by atoms with Crippen LogP contribution in [0.1, 0.15) is 23.2 Å². The third kappa shape index (κ3) is 4.41. The lowest BCUT2D eigenvalue weighted by Crippen LogP contribution is -2.32. The number of aromatic nitrogens is 1. The van der Waals surface area contributed by atoms with Gasteiger partial charge in [-0.15, -0.1) is 0 Å². The number of amides is 1. The molecule has 0 spiro atoms. The first kappa shape index (κ1) is 16.3. The van der Waals surface area contributed by atoms with Crippen LogP contribution in [0.4, 0.5) is 5.69 Å². The fourth-order valence-electron chi connectivity index (χ4n) is 1.61. The molecule has 0 saturated heterocycles. The SMILES string of the molecule is COC(=O)CCCN(C)C(=O)c1cc([N+](=O)[O-])c[nH]c1=O. The minimum Gasteiger partial charge on any atom is -0.469 e. The van der Waals surface area contributed by atoms with Gasteiger partial charge in [-0.05, 0) is 6.42 Å². The Bertz CT molecular complexity index is 609. The first-order chi connectivity index (χ1) is 9.86. The van der Waals surface area contributed by atoms with Gasteiger partial charge < -0.3 is 14.6 Å². The highest BCUT2D eigenvalue weighted by molar-refractivity contribution is 5.94. The molecule has 0 aliphatic rings. The molecule has 1 aromatic rings. The van der Waals surface area contributed by atoms with Crippen molar-refractivity contribution in [2.45, 2.75) is 12.8 Å². The second-order valence-corrected chi connectivity index (χ2v) is 4.26. The summed E-state index contributed by atoms with van der Waals surface area (Å²) >= 11 is 0. The van der Waals surface area contributed by atoms with Gasteiger partial charge in [0.15, 0.2) is 0 Å². The highest BCUT2D eigenvalue weighted by Crippen LogP contribution is 2.10. The van der Waals surface area contributed by atoms with Gasteiger partial charge in [0.25, 0.3) is 17.2 Å². The average molecular weight is 297 g/mol. The predicted octanol–water partition coefficient (Wildman–Crippen LogP) is 0.308. The summed E-state index contributed by atoms with van der Waals surface area (Å²) in [5.41, 5.74) is -1.39. The number of nitro groups is 1. The number of H-pyrrole nitrogens is 1. The summed E-state index contributed by atoms with van der Waals surface area (Å²) in [7, 11) is 2.71. The Morgan fingerprint density at radius 2 is 2.14 bits per heavy atom. The molecule has 0 fully saturated rings. The van der Waals surface area contributed by atoms with Crippen LogP contribution in [0.5, 0.6) is 0 Å². The standard InChI is InChI=1S/C12H15N3O6/c1-14(5-3-4-10(16)21-2)12(18)9-6-8(15(19)20)7-13-11(9)17/h6-7H,3-5H2,1-2H3,(H,13,17). The van der Waals surface area contributed by atoms with Gasteiger partial charge in [0.05, 0.1) is 18.2 Å². The molecule has 0 radical (unpaired) electrons. The van der Waals surface area contributed by atoms with Gasteiger partial charge in [0.1, 0.15) is 5.56 Å². The molecule has 1 amide bonds. The van der Waals surface area contributed by atoms with Crippen LogP contribution in [0, 0.1) is 10.1 Å². The van der Waals surface area contributed by atoms with E-state index in [4.69, 9.17) is 0 Å². The number of carbonyl (C=O) groups is 2. The molecule has 9 nitrogen and oxygen atoms in total. The third-order valence-corrected chi connectivity index (χ3v) is 2.78. The van der Waals surface area contributed by atoms with Crippen molar-refractivity contribution in [3.63, 3.8) is 0 Å². The maximum atomic E-state index is 12.1. The zero-order valence-electron chi connectivity index (χ0n) is 11.6. The van der Waals surface area contributed by atoms with Crippen LogP contribution in [-0.2, 0) is 9.53 Å². The number of methoxy groups -OCH3 is 1. The number of carbonyl (C=O) groups excluding carboxylic acids is 2. The molecule has 0 atom stereocenters. The van der Waals surface area contributed by atoms with Crippen LogP contribution in [0.15, 0.2) is 17.1 Å². The molecule has 114 valence electrons. The highest BCUT2D eigenvalue weighted by atomic mass is 16.6. The van der Waals surface area contributed by atoms with Crippen molar-refractivity contribution >= 4 is 17.6 Å². The zero-order valence-corrected chi connectivity index (χ0v) is 11.6. The van der Waals surface area contributed by atoms with E-state index >= 15 is 0 Å². The van der Waals surface area contributed by atoms with E-state index in [2.05, 4.69) is 9.72 Å². The van der Waals surface area contributed by atoms with Crippen molar-refractivity contribution in [3.8, 4) is 0 Å². The van der Waals surface area contributed by atoms with Crippen LogP contribution >= 0.6 is 0 Å². The lowest BCUT2D eigenvalue weighted by Gasteiger charge is -2.16. The van der Waals surface area contributed by atoms with Crippen molar-refractivity contribution in [1.29, 1.82) is 0 Å². The number of hydrogen-bond acceptors (Lipinski definition) is 6. The van der Waals surface area contributed by atoms with E-state index in [-0.39, 0.29) is 24.2 Å². The number of rotatable bonds is 6. The Kier molecular flexibility index (Phi) is 5.58. The summed E-state index contributed by atoms with van der Waals surface area (Å²) < 4.78 is 4.47. The van der Waals surface area contributed by atoms with Crippen molar-refractivity contribution in [2.75, 3.05) is 20.7 Å². The molecule has 21 heavy (non-hydrogen) atoms. The lowest BCUT2D eigenvalue weighted by molar-refractivity contribution is -0.385. The summed E-state index contributed by atoms with van der Waals surface area (Å²) in [5.74, 6) is -1.05. The predicted molar refractivity (Wildman–Crippen MR) is 71.9 cm³/mol. The van der Waals surface area contributed by atoms with E-state index in [1.54, 1.807) is 0 Å². The molecule has 0 aliphatic heterocycles. The fraction of sp³-hybridized carbons (Fsp3) is 0.417. The topological polar surface area (TPSA) is 123 Å². The van der Waals surface area contributed by atoms with Crippen molar-refractivity contribution in [2.24, 2.45) is 0 Å². The molecule has 0 aromatic carbocycles. The minimum absolute atomic E-state index is 0.138. The molecule has 0 aliphatic carbocycles. The van der Waals surface area contributed by atoms with Gasteiger partial charge in [0, 0.05) is 26.1 Å². The molecular formula is C12H15N3O6. The van der Waals surface area contributed by atoms with Gasteiger partial charge in [-0.25, -0.2) is 0 Å². The number of pyridine rings is 1. The molecule has 9 heteroatoms. The number of aromatic amines is 1. The normalized spacial score (nSPS) is 10.0. The highest BCUT2D eigenvalue weighted by Gasteiger charge is 2.19. The molecule has 0 unspecified atom stereocenters. The number of esters is 1. The molecule has 1 aromatic heterocycles. The van der Waals surface area contributed by atoms with Gasteiger partial charge in [0.2, 0.25) is 0 Å². The van der Waals surface area contributed by atoms with E-state index in [1.807, 2.05) is 0 Å². The summed E-state index contributed by atoms with van der Waals surface area (Å²) in [6.45, 7) is 0.218. The summed E-state index contributed by atoms with van der Waals surface area (Å²) in [4.78, 5) is 47.9. The second-order valence-electron chi connectivity index (χ2n) is 4.26. The molecular weight excluding hydrogens is 282 g/mol. The number of ether oxygens (including phenoxy) is 1. The van der Waals surface area contributed by atoms with Crippen LogP contribution in [0.3, 0.4) is 0 Å². The largest absolute Gasteiger partial charge is 0.469 e. The Morgan fingerprint density at radius 1 is 1.48 bits per heavy atom. The van der Waals surface area contributed by atoms with Crippen molar-refractivity contribution in [1.82, 2.24) is 9.88 Å². The Labute approximate surface area is 119 Å². The zero-order chi connectivity index (χ0) is 16.0. The maximum absolute atomic E-state index is 12.1. The molecule has 0 saturated carbocycles. The second kappa shape index (κ2) is 7.17. The summed E-state index contributed by atoms with van der Waals surface area (Å²) in [6, 6.07) is 0.929. The molecule has 0 bridgehead atoms. The van der Waals surface area contributed by atoms with Crippen LogP contribution in [0.2, 0.25) is 0 Å². The maximum Gasteiger partial charge on any atom is 0.305 e. The van der Waals surface area contributed by atoms with E-state index in [9.17, 15) is 24.5 Å². The lowest BCUT2D eigenvalue weighted by atomic mass is 10.2. The van der Waals surface area contributed by atoms with E-state index < -0.39 is 22.4 Å². The molecule has 1 heterocycles. The first-order valence-corrected chi connectivity index (χ1v) is 6.06. The Hall–Kier alpha value is -2.71. The summed E-state index contributed by atoms with van der Waals surface area (Å²) in [6.07, 6.45) is 1.43. The average Bonchev–Trinajstić information content (AvgIpc) is 2.46. The number of nitrogens with one attached hydrogen (secondary N) is 1. The Morgan fingerprint density at radius 3 is 2.71 bits per heavy atom. The van der Waals surface area contributed by atoms with Gasteiger partial charge in [-0.3, -0.25) is 24.5 Å². The van der Waals surface area contributed by atoms with Crippen LogP contribution < -0.4 is 5.56 Å². The number of nitrogens with zero attached hydrogens (tertiary/aromatic N) is 2. The van der Waals surface area contributed by atoms with Gasteiger partial charge >= 0.3 is 5.97 Å². The first-order valence-electron chi connectivity index (χ1n) is 6.06.